The van der Waals surface area contributed by atoms with E-state index in [4.69, 9.17) is 15.6 Å². The van der Waals surface area contributed by atoms with Crippen molar-refractivity contribution in [1.82, 2.24) is 15.6 Å². The number of thioether (sulfide) groups is 1. The van der Waals surface area contributed by atoms with E-state index in [9.17, 15) is 39.3 Å². The molecule has 1 fully saturated rings. The number of carboxylic acid groups (broad SMARTS) is 2. The number of aliphatic hydroxyl groups excluding tert-OH is 1. The van der Waals surface area contributed by atoms with Gasteiger partial charge in [0.25, 0.3) is 0 Å². The van der Waals surface area contributed by atoms with E-state index in [0.717, 1.165) is 61.7 Å². The third-order valence-corrected chi connectivity index (χ3v) is 12.5. The highest BCUT2D eigenvalue weighted by molar-refractivity contribution is 8.01. The molecule has 4 aliphatic rings. The fourth-order valence-electron chi connectivity index (χ4n) is 8.05. The molecule has 0 radical (unpaired) electrons. The number of esters is 1. The number of rotatable bonds is 15. The minimum absolute atomic E-state index is 0.0791. The number of allylic oxidation sites excluding steroid dienone is 1. The van der Waals surface area contributed by atoms with Crippen LogP contribution in [-0.4, -0.2) is 83.6 Å². The number of ether oxygens (including phenoxy) is 1. The number of aromatic nitrogens is 1. The van der Waals surface area contributed by atoms with Crippen molar-refractivity contribution >= 4 is 41.5 Å². The van der Waals surface area contributed by atoms with Gasteiger partial charge in [-0.1, -0.05) is 31.4 Å². The summed E-state index contributed by atoms with van der Waals surface area (Å²) in [7, 11) is 0. The van der Waals surface area contributed by atoms with Crippen LogP contribution < -0.4 is 16.4 Å². The number of hydrogen-bond donors (Lipinski definition) is 7. The molecule has 3 aliphatic carbocycles. The van der Waals surface area contributed by atoms with Crippen molar-refractivity contribution in [2.45, 2.75) is 100 Å². The monoisotopic (exact) mass is 700 g/mol. The van der Waals surface area contributed by atoms with Crippen LogP contribution in [0.15, 0.2) is 47.5 Å². The van der Waals surface area contributed by atoms with E-state index in [1.165, 1.54) is 11.8 Å². The molecular formula is C34H44N4O10S. The van der Waals surface area contributed by atoms with Gasteiger partial charge in [-0.05, 0) is 79.5 Å². The van der Waals surface area contributed by atoms with E-state index in [-0.39, 0.29) is 23.1 Å². The molecule has 0 saturated heterocycles. The van der Waals surface area contributed by atoms with Gasteiger partial charge in [0.1, 0.15) is 17.7 Å². The Bertz CT molecular complexity index is 1540. The van der Waals surface area contributed by atoms with Crippen LogP contribution in [0.2, 0.25) is 0 Å². The molecule has 6 unspecified atom stereocenters. The smallest absolute Gasteiger partial charge is 0.353 e. The lowest BCUT2D eigenvalue weighted by Crippen LogP contribution is -2.55. The first-order valence-electron chi connectivity index (χ1n) is 16.7. The Balaban J connectivity index is 1.46. The normalized spacial score (nSPS) is 26.4. The second kappa shape index (κ2) is 14.6. The van der Waals surface area contributed by atoms with Crippen molar-refractivity contribution in [3.8, 4) is 0 Å². The molecule has 6 atom stereocenters. The molecule has 2 heterocycles. The van der Waals surface area contributed by atoms with Crippen LogP contribution >= 0.6 is 11.8 Å². The Kier molecular flexibility index (Phi) is 10.9. The van der Waals surface area contributed by atoms with Gasteiger partial charge >= 0.3 is 17.9 Å². The van der Waals surface area contributed by atoms with Gasteiger partial charge < -0.3 is 35.8 Å². The summed E-state index contributed by atoms with van der Waals surface area (Å²) in [6.45, 7) is 2.11. The van der Waals surface area contributed by atoms with Crippen molar-refractivity contribution in [2.24, 2.45) is 23.0 Å². The van der Waals surface area contributed by atoms with E-state index < -0.39 is 65.3 Å². The number of amides is 2. The van der Waals surface area contributed by atoms with Gasteiger partial charge in [-0.15, -0.1) is 11.8 Å². The summed E-state index contributed by atoms with van der Waals surface area (Å²) >= 11 is 1.39. The van der Waals surface area contributed by atoms with Gasteiger partial charge in [0.15, 0.2) is 0 Å². The van der Waals surface area contributed by atoms with Gasteiger partial charge in [-0.2, -0.15) is 0 Å². The van der Waals surface area contributed by atoms with Gasteiger partial charge in [0.05, 0.1) is 4.75 Å². The standard InChI is InChI=1S/C34H44N4O10S/c1-2-32(9-3-4-10-32)33(49-18-23(27(40)38-28(41)29(42)43)37-24(39)6-12-34(35,47)31(45)46)11-5-21-16-20(15-19-7-13-36-14-8-19)17-22-25(21)26(33)48-30(22)44/h7-8,13-14,17,21-23,28,41,47H,2-6,9-12,15-16,18,35H2,1H3,(H,37,39)(H,38,40)(H,42,43)(H,45,46). The van der Waals surface area contributed by atoms with Gasteiger partial charge in [0, 0.05) is 31.0 Å². The van der Waals surface area contributed by atoms with Crippen molar-refractivity contribution in [2.75, 3.05) is 5.75 Å². The molecule has 0 spiro atoms. The summed E-state index contributed by atoms with van der Waals surface area (Å²) in [5.41, 5.74) is 5.64. The number of pyridine rings is 1. The number of hydrogen-bond acceptors (Lipinski definition) is 11. The average Bonchev–Trinajstić information content (AvgIpc) is 3.70. The Morgan fingerprint density at radius 3 is 2.47 bits per heavy atom. The molecule has 266 valence electrons. The molecule has 5 rings (SSSR count). The maximum Gasteiger partial charge on any atom is 0.353 e. The number of aliphatic hydroxyl groups is 2. The fourth-order valence-corrected chi connectivity index (χ4v) is 9.94. The van der Waals surface area contributed by atoms with E-state index in [1.54, 1.807) is 12.4 Å². The van der Waals surface area contributed by atoms with Crippen molar-refractivity contribution in [3.05, 3.63) is 53.1 Å². The molecule has 1 aliphatic heterocycles. The topological polar surface area (TPSA) is 238 Å². The molecule has 0 aromatic carbocycles. The third-order valence-electron chi connectivity index (χ3n) is 10.7. The second-order valence-electron chi connectivity index (χ2n) is 13.6. The van der Waals surface area contributed by atoms with Crippen LogP contribution in [-0.2, 0) is 35.1 Å². The van der Waals surface area contributed by atoms with Crippen LogP contribution in [0.25, 0.3) is 0 Å². The molecule has 1 aromatic heterocycles. The molecule has 49 heavy (non-hydrogen) atoms. The Hall–Kier alpha value is -3.79. The lowest BCUT2D eigenvalue weighted by atomic mass is 9.61. The van der Waals surface area contributed by atoms with Crippen LogP contribution in [0.1, 0.15) is 76.7 Å². The minimum Gasteiger partial charge on any atom is -0.478 e. The maximum atomic E-state index is 13.6. The number of carbonyl (C=O) groups is 5. The zero-order valence-corrected chi connectivity index (χ0v) is 28.2. The van der Waals surface area contributed by atoms with Crippen molar-refractivity contribution in [1.29, 1.82) is 0 Å². The Morgan fingerprint density at radius 2 is 1.84 bits per heavy atom. The van der Waals surface area contributed by atoms with E-state index in [0.29, 0.717) is 18.6 Å². The number of carbonyl (C=O) groups excluding carboxylic acids is 3. The number of carboxylic acids is 2. The van der Waals surface area contributed by atoms with Crippen molar-refractivity contribution in [3.63, 3.8) is 0 Å². The highest BCUT2D eigenvalue weighted by Gasteiger charge is 2.61. The third kappa shape index (κ3) is 7.39. The molecule has 0 bridgehead atoms. The maximum absolute atomic E-state index is 13.6. The molecular weight excluding hydrogens is 656 g/mol. The lowest BCUT2D eigenvalue weighted by molar-refractivity contribution is -0.159. The Labute approximate surface area is 287 Å². The summed E-state index contributed by atoms with van der Waals surface area (Å²) in [6, 6.07) is 2.55. The molecule has 1 aromatic rings. The van der Waals surface area contributed by atoms with Crippen LogP contribution in [0.4, 0.5) is 0 Å². The molecule has 1 saturated carbocycles. The number of nitrogens with zero attached hydrogens (tertiary/aromatic N) is 1. The minimum atomic E-state index is -2.68. The highest BCUT2D eigenvalue weighted by atomic mass is 32.2. The largest absolute Gasteiger partial charge is 0.478 e. The van der Waals surface area contributed by atoms with Gasteiger partial charge in [-0.3, -0.25) is 25.1 Å². The average molecular weight is 701 g/mol. The van der Waals surface area contributed by atoms with Crippen LogP contribution in [0.3, 0.4) is 0 Å². The number of nitrogens with two attached hydrogens (primary N) is 1. The van der Waals surface area contributed by atoms with Crippen molar-refractivity contribution < 1.29 is 49.1 Å². The SMILES string of the molecule is CCC1(C2(SCC(NC(=O)CCC(N)(O)C(=O)O)C(=O)NC(O)C(=O)O)CCC3CC(Cc4ccncc4)=CC4C(=O)OC2=C34)CCCC1. The Morgan fingerprint density at radius 1 is 1.14 bits per heavy atom. The first kappa shape index (κ1) is 36.5. The highest BCUT2D eigenvalue weighted by Crippen LogP contribution is 2.66. The predicted molar refractivity (Wildman–Crippen MR) is 176 cm³/mol. The molecule has 2 amide bonds. The predicted octanol–water partition coefficient (Wildman–Crippen LogP) is 1.75. The van der Waals surface area contributed by atoms with Crippen LogP contribution in [0, 0.1) is 17.3 Å². The van der Waals surface area contributed by atoms with E-state index >= 15 is 0 Å². The lowest BCUT2D eigenvalue weighted by Gasteiger charge is -2.52. The van der Waals surface area contributed by atoms with Gasteiger partial charge in [0.2, 0.25) is 23.8 Å². The summed E-state index contributed by atoms with van der Waals surface area (Å²) in [6.07, 6.45) is 9.46. The fraction of sp³-hybridized carbons (Fsp3) is 0.588. The summed E-state index contributed by atoms with van der Waals surface area (Å²) in [4.78, 5) is 66.6. The summed E-state index contributed by atoms with van der Waals surface area (Å²) in [5.74, 6) is -5.40. The number of aliphatic carboxylic acids is 2. The molecule has 15 heteroatoms. The summed E-state index contributed by atoms with van der Waals surface area (Å²) in [5, 5.41) is 42.6. The molecule has 14 nitrogen and oxygen atoms in total. The second-order valence-corrected chi connectivity index (χ2v) is 14.9. The van der Waals surface area contributed by atoms with Gasteiger partial charge in [-0.25, -0.2) is 9.59 Å². The molecule has 8 N–H and O–H groups in total. The zero-order valence-electron chi connectivity index (χ0n) is 27.4. The van der Waals surface area contributed by atoms with Crippen LogP contribution in [0.5, 0.6) is 0 Å². The van der Waals surface area contributed by atoms with E-state index in [2.05, 4.69) is 17.2 Å². The first-order chi connectivity index (χ1) is 23.2. The zero-order chi connectivity index (χ0) is 35.6. The van der Waals surface area contributed by atoms with E-state index in [1.807, 2.05) is 23.5 Å². The first-order valence-corrected chi connectivity index (χ1v) is 17.6. The quantitative estimate of drug-likeness (QED) is 0.0785. The number of nitrogens with one attached hydrogen (secondary N) is 2. The summed E-state index contributed by atoms with van der Waals surface area (Å²) < 4.78 is 5.53.